The van der Waals surface area contributed by atoms with Crippen molar-refractivity contribution in [3.63, 3.8) is 0 Å². The van der Waals surface area contributed by atoms with Gasteiger partial charge >= 0.3 is 5.97 Å². The first-order valence-corrected chi connectivity index (χ1v) is 23.7. The summed E-state index contributed by atoms with van der Waals surface area (Å²) in [6, 6.07) is 89.6. The molecule has 0 bridgehead atoms. The topological polar surface area (TPSA) is 67.6 Å². The molecule has 0 saturated carbocycles. The van der Waals surface area contributed by atoms with E-state index < -0.39 is 5.97 Å². The molecule has 0 fully saturated rings. The van der Waals surface area contributed by atoms with Crippen molar-refractivity contribution in [3.05, 3.63) is 260 Å². The molecule has 0 spiro atoms. The third-order valence-electron chi connectivity index (χ3n) is 13.6. The van der Waals surface area contributed by atoms with Crippen LogP contribution in [0.1, 0.15) is 5.56 Å². The van der Waals surface area contributed by atoms with Crippen LogP contribution in [0, 0.1) is 11.3 Å². The van der Waals surface area contributed by atoms with Crippen LogP contribution in [0.2, 0.25) is 0 Å². The van der Waals surface area contributed by atoms with Gasteiger partial charge in [-0.25, -0.2) is 4.79 Å². The van der Waals surface area contributed by atoms with Crippen LogP contribution in [-0.2, 0) is 4.79 Å². The second-order valence-electron chi connectivity index (χ2n) is 17.6. The molecule has 0 amide bonds. The number of aliphatic carboxylic acids is 1. The first-order valence-electron chi connectivity index (χ1n) is 23.7. The van der Waals surface area contributed by atoms with Gasteiger partial charge in [-0.15, -0.1) is 0 Å². The number of para-hydroxylation sites is 4. The summed E-state index contributed by atoms with van der Waals surface area (Å²) in [5, 5.41) is 23.6. The van der Waals surface area contributed by atoms with Gasteiger partial charge in [0.1, 0.15) is 11.6 Å². The first kappa shape index (κ1) is 42.6. The number of benzene rings is 11. The van der Waals surface area contributed by atoms with E-state index in [2.05, 4.69) is 234 Å². The molecule has 5 heteroatoms. The van der Waals surface area contributed by atoms with Crippen molar-refractivity contribution in [2.75, 3.05) is 9.80 Å². The van der Waals surface area contributed by atoms with Crippen molar-refractivity contribution < 1.29 is 9.90 Å². The van der Waals surface area contributed by atoms with Crippen molar-refractivity contribution in [1.82, 2.24) is 0 Å². The predicted molar refractivity (Wildman–Crippen MR) is 293 cm³/mol. The SMILES string of the molecule is N#C/C(=C/c1ccc(-c2ccc3c4c(cccc24)-c2c-3c(-c3ccc(N(c4ccccc4)c4ccccc4)cc3)c3ccccc3c2-c2ccc(N(c3ccccc3)c3ccccc3)cc2)cc1)C(=O)O. The molecule has 1 N–H and O–H groups in total. The summed E-state index contributed by atoms with van der Waals surface area (Å²) < 4.78 is 0. The Kier molecular flexibility index (Phi) is 10.8. The van der Waals surface area contributed by atoms with Crippen LogP contribution >= 0.6 is 0 Å². The molecule has 0 radical (unpaired) electrons. The quantitative estimate of drug-likeness (QED) is 0.103. The lowest BCUT2D eigenvalue weighted by Crippen LogP contribution is -2.09. The molecule has 12 rings (SSSR count). The molecule has 5 nitrogen and oxygen atoms in total. The van der Waals surface area contributed by atoms with Gasteiger partial charge in [0.2, 0.25) is 0 Å². The van der Waals surface area contributed by atoms with E-state index in [9.17, 15) is 15.2 Å². The van der Waals surface area contributed by atoms with Gasteiger partial charge in [0, 0.05) is 34.1 Å². The van der Waals surface area contributed by atoms with Crippen LogP contribution in [0.25, 0.3) is 83.3 Å². The number of nitrogens with zero attached hydrogens (tertiary/aromatic N) is 3. The minimum absolute atomic E-state index is 0.307. The highest BCUT2D eigenvalue weighted by atomic mass is 16.4. The Hall–Kier alpha value is -9.76. The molecule has 0 atom stereocenters. The number of hydrogen-bond acceptors (Lipinski definition) is 4. The summed E-state index contributed by atoms with van der Waals surface area (Å²) in [4.78, 5) is 16.2. The molecule has 0 saturated heterocycles. The maximum Gasteiger partial charge on any atom is 0.346 e. The molecule has 334 valence electrons. The summed E-state index contributed by atoms with van der Waals surface area (Å²) in [6.45, 7) is 0. The minimum Gasteiger partial charge on any atom is -0.477 e. The highest BCUT2D eigenvalue weighted by Gasteiger charge is 2.31. The van der Waals surface area contributed by atoms with Crippen LogP contribution in [0.3, 0.4) is 0 Å². The van der Waals surface area contributed by atoms with Gasteiger partial charge in [0.15, 0.2) is 0 Å². The van der Waals surface area contributed by atoms with E-state index in [1.165, 1.54) is 55.6 Å². The average molecular weight is 910 g/mol. The van der Waals surface area contributed by atoms with Crippen molar-refractivity contribution in [2.24, 2.45) is 0 Å². The molecule has 1 aliphatic carbocycles. The maximum absolute atomic E-state index is 11.6. The predicted octanol–water partition coefficient (Wildman–Crippen LogP) is 17.6. The van der Waals surface area contributed by atoms with Gasteiger partial charge in [-0.1, -0.05) is 176 Å². The van der Waals surface area contributed by atoms with Gasteiger partial charge in [-0.05, 0) is 162 Å². The van der Waals surface area contributed by atoms with Gasteiger partial charge in [-0.2, -0.15) is 5.26 Å². The number of nitriles is 1. The Morgan fingerprint density at radius 3 is 1.15 bits per heavy atom. The average Bonchev–Trinajstić information content (AvgIpc) is 3.76. The molecule has 71 heavy (non-hydrogen) atoms. The van der Waals surface area contributed by atoms with E-state index in [1.807, 2.05) is 24.3 Å². The number of hydrogen-bond donors (Lipinski definition) is 1. The molecular weight excluding hydrogens is 867 g/mol. The van der Waals surface area contributed by atoms with Crippen LogP contribution in [-0.4, -0.2) is 11.1 Å². The lowest BCUT2D eigenvalue weighted by atomic mass is 9.82. The monoisotopic (exact) mass is 909 g/mol. The third-order valence-corrected chi connectivity index (χ3v) is 13.6. The number of carboxylic acid groups (broad SMARTS) is 1. The van der Waals surface area contributed by atoms with Crippen LogP contribution in [0.4, 0.5) is 34.1 Å². The zero-order valence-corrected chi connectivity index (χ0v) is 38.4. The number of carboxylic acids is 1. The van der Waals surface area contributed by atoms with E-state index >= 15 is 0 Å². The molecule has 0 heterocycles. The summed E-state index contributed by atoms with van der Waals surface area (Å²) in [5.74, 6) is -1.25. The summed E-state index contributed by atoms with van der Waals surface area (Å²) >= 11 is 0. The van der Waals surface area contributed by atoms with Crippen molar-refractivity contribution >= 4 is 67.7 Å². The Balaban J connectivity index is 1.07. The van der Waals surface area contributed by atoms with Crippen LogP contribution in [0.15, 0.2) is 254 Å². The van der Waals surface area contributed by atoms with Gasteiger partial charge in [0.25, 0.3) is 0 Å². The Labute approximate surface area is 412 Å². The van der Waals surface area contributed by atoms with Crippen molar-refractivity contribution in [2.45, 2.75) is 0 Å². The van der Waals surface area contributed by atoms with Crippen LogP contribution in [0.5, 0.6) is 0 Å². The fraction of sp³-hybridized carbons (Fsp3) is 0. The molecule has 0 aliphatic heterocycles. The second-order valence-corrected chi connectivity index (χ2v) is 17.6. The standard InChI is InChI=1S/C66H43N3O2/c67-43-48(66(70)71)42-44-28-30-45(31-29-44)55-40-41-60-63-56(55)26-15-27-59(63)64-61(46-32-36-53(37-33-46)68(49-16-5-1-6-17-49)50-18-7-2-8-19-50)57-24-13-14-25-58(57)62(65(60)64)47-34-38-54(39-35-47)69(51-20-9-3-10-21-51)52-22-11-4-12-23-52/h1-42H,(H,70,71)/b48-42-. The van der Waals surface area contributed by atoms with Crippen LogP contribution < -0.4 is 9.80 Å². The molecule has 11 aromatic carbocycles. The number of anilines is 6. The first-order chi connectivity index (χ1) is 35.0. The highest BCUT2D eigenvalue weighted by Crippen LogP contribution is 2.59. The van der Waals surface area contributed by atoms with E-state index in [0.29, 0.717) is 5.56 Å². The zero-order chi connectivity index (χ0) is 47.8. The normalized spacial score (nSPS) is 11.6. The molecule has 0 unspecified atom stereocenters. The molecule has 11 aromatic rings. The number of rotatable bonds is 11. The lowest BCUT2D eigenvalue weighted by molar-refractivity contribution is -0.132. The van der Waals surface area contributed by atoms with Gasteiger partial charge in [-0.3, -0.25) is 0 Å². The number of carbonyl (C=O) groups is 1. The molecular formula is C66H43N3O2. The Morgan fingerprint density at radius 1 is 0.366 bits per heavy atom. The molecule has 1 aliphatic rings. The van der Waals surface area contributed by atoms with Crippen molar-refractivity contribution in [3.8, 4) is 61.7 Å². The zero-order valence-electron chi connectivity index (χ0n) is 38.4. The number of fused-ring (bicyclic) bond motifs is 4. The summed E-state index contributed by atoms with van der Waals surface area (Å²) in [7, 11) is 0. The minimum atomic E-state index is -1.25. The molecule has 0 aromatic heterocycles. The van der Waals surface area contributed by atoms with Crippen molar-refractivity contribution in [1.29, 1.82) is 5.26 Å². The van der Waals surface area contributed by atoms with E-state index in [0.717, 1.165) is 61.8 Å². The van der Waals surface area contributed by atoms with E-state index in [-0.39, 0.29) is 5.57 Å². The van der Waals surface area contributed by atoms with Gasteiger partial charge < -0.3 is 14.9 Å². The summed E-state index contributed by atoms with van der Waals surface area (Å²) in [5.41, 5.74) is 18.2. The Morgan fingerprint density at radius 2 is 0.732 bits per heavy atom. The van der Waals surface area contributed by atoms with E-state index in [4.69, 9.17) is 0 Å². The Bertz CT molecular complexity index is 3610. The second kappa shape index (κ2) is 18.0. The lowest BCUT2D eigenvalue weighted by Gasteiger charge is -2.26. The largest absolute Gasteiger partial charge is 0.477 e. The third kappa shape index (κ3) is 7.57. The fourth-order valence-electron chi connectivity index (χ4n) is 10.5. The highest BCUT2D eigenvalue weighted by molar-refractivity contribution is 6.29. The maximum atomic E-state index is 11.6. The van der Waals surface area contributed by atoms with E-state index in [1.54, 1.807) is 6.07 Å². The fourth-order valence-corrected chi connectivity index (χ4v) is 10.5. The smallest absolute Gasteiger partial charge is 0.346 e. The van der Waals surface area contributed by atoms with Gasteiger partial charge in [0.05, 0.1) is 0 Å². The summed E-state index contributed by atoms with van der Waals surface area (Å²) in [6.07, 6.45) is 1.41.